The Labute approximate surface area is 66.4 Å². The van der Waals surface area contributed by atoms with Gasteiger partial charge in [0.2, 0.25) is 0 Å². The van der Waals surface area contributed by atoms with E-state index in [0.717, 1.165) is 12.1 Å². The zero-order valence-electron chi connectivity index (χ0n) is 6.82. The predicted molar refractivity (Wildman–Crippen MR) is 46.5 cm³/mol. The molecule has 0 atom stereocenters. The molecule has 0 aromatic heterocycles. The molecule has 0 bridgehead atoms. The highest BCUT2D eigenvalue weighted by Crippen LogP contribution is 2.28. The van der Waals surface area contributed by atoms with Gasteiger partial charge in [-0.15, -0.1) is 0 Å². The molecule has 1 aliphatic carbocycles. The van der Waals surface area contributed by atoms with E-state index in [-0.39, 0.29) is 0 Å². The minimum Gasteiger partial charge on any atom is -0.320 e. The SMILES string of the molecule is CCNC[Si]C1CCCC1. The maximum Gasteiger partial charge on any atom is 0.0598 e. The first kappa shape index (κ1) is 8.28. The highest BCUT2D eigenvalue weighted by molar-refractivity contribution is 6.37. The van der Waals surface area contributed by atoms with Crippen LogP contribution in [0.15, 0.2) is 0 Å². The second kappa shape index (κ2) is 4.91. The first-order chi connectivity index (χ1) is 4.93. The molecule has 0 unspecified atom stereocenters. The summed E-state index contributed by atoms with van der Waals surface area (Å²) in [5, 5.41) is 3.39. The lowest BCUT2D eigenvalue weighted by Crippen LogP contribution is -2.21. The van der Waals surface area contributed by atoms with Crippen LogP contribution >= 0.6 is 0 Å². The van der Waals surface area contributed by atoms with Crippen molar-refractivity contribution in [2.24, 2.45) is 0 Å². The summed E-state index contributed by atoms with van der Waals surface area (Å²) >= 11 is 0. The Morgan fingerprint density at radius 3 is 2.70 bits per heavy atom. The van der Waals surface area contributed by atoms with Gasteiger partial charge in [-0.05, 0) is 18.3 Å². The summed E-state index contributed by atoms with van der Waals surface area (Å²) in [5.41, 5.74) is 1.08. The molecule has 0 heterocycles. The molecule has 10 heavy (non-hydrogen) atoms. The van der Waals surface area contributed by atoms with E-state index < -0.39 is 0 Å². The Hall–Kier alpha value is 0.177. The van der Waals surface area contributed by atoms with Gasteiger partial charge in [0.05, 0.1) is 9.52 Å². The lowest BCUT2D eigenvalue weighted by Gasteiger charge is -2.06. The average Bonchev–Trinajstić information content (AvgIpc) is 2.41. The predicted octanol–water partition coefficient (Wildman–Crippen LogP) is 1.62. The van der Waals surface area contributed by atoms with Crippen LogP contribution in [0.4, 0.5) is 0 Å². The van der Waals surface area contributed by atoms with E-state index in [9.17, 15) is 0 Å². The van der Waals surface area contributed by atoms with E-state index in [1.54, 1.807) is 0 Å². The Bertz CT molecular complexity index is 79.3. The summed E-state index contributed by atoms with van der Waals surface area (Å²) in [6, 6.07) is 0. The molecule has 1 fully saturated rings. The standard InChI is InChI=1S/C8H17NSi/c1-2-9-7-10-8-5-3-4-6-8/h8-9H,2-7H2,1H3. The third-order valence-corrected chi connectivity index (χ3v) is 3.73. The van der Waals surface area contributed by atoms with Gasteiger partial charge in [-0.25, -0.2) is 0 Å². The summed E-state index contributed by atoms with van der Waals surface area (Å²) < 4.78 is 0. The van der Waals surface area contributed by atoms with Crippen molar-refractivity contribution in [3.05, 3.63) is 0 Å². The van der Waals surface area contributed by atoms with Gasteiger partial charge in [0.15, 0.2) is 0 Å². The third-order valence-electron chi connectivity index (χ3n) is 2.12. The largest absolute Gasteiger partial charge is 0.320 e. The molecule has 58 valence electrons. The van der Waals surface area contributed by atoms with E-state index in [2.05, 4.69) is 12.2 Å². The number of rotatable bonds is 4. The van der Waals surface area contributed by atoms with Crippen molar-refractivity contribution in [3.63, 3.8) is 0 Å². The van der Waals surface area contributed by atoms with Gasteiger partial charge in [-0.2, -0.15) is 0 Å². The van der Waals surface area contributed by atoms with Crippen LogP contribution in [0.25, 0.3) is 0 Å². The van der Waals surface area contributed by atoms with Crippen LogP contribution in [0.3, 0.4) is 0 Å². The number of nitrogens with one attached hydrogen (secondary N) is 1. The minimum absolute atomic E-state index is 1.08. The summed E-state index contributed by atoms with van der Waals surface area (Å²) in [4.78, 5) is 0. The highest BCUT2D eigenvalue weighted by Gasteiger charge is 2.14. The number of hydrogen-bond donors (Lipinski definition) is 1. The minimum atomic E-state index is 1.08. The Balaban J connectivity index is 1.91. The summed E-state index contributed by atoms with van der Waals surface area (Å²) in [6.45, 7) is 3.32. The summed E-state index contributed by atoms with van der Waals surface area (Å²) in [5.74, 6) is 0. The van der Waals surface area contributed by atoms with Crippen LogP contribution in [0, 0.1) is 0 Å². The lowest BCUT2D eigenvalue weighted by molar-refractivity contribution is 0.798. The molecular formula is C8H17NSi. The summed E-state index contributed by atoms with van der Waals surface area (Å²) in [7, 11) is 1.18. The lowest BCUT2D eigenvalue weighted by atomic mass is 10.4. The van der Waals surface area contributed by atoms with Crippen LogP contribution in [0.2, 0.25) is 5.54 Å². The quantitative estimate of drug-likeness (QED) is 0.480. The molecule has 0 spiro atoms. The van der Waals surface area contributed by atoms with E-state index in [0.29, 0.717) is 0 Å². The van der Waals surface area contributed by atoms with Crippen molar-refractivity contribution in [2.45, 2.75) is 38.1 Å². The van der Waals surface area contributed by atoms with Gasteiger partial charge < -0.3 is 5.32 Å². The van der Waals surface area contributed by atoms with Gasteiger partial charge in [-0.3, -0.25) is 0 Å². The topological polar surface area (TPSA) is 12.0 Å². The van der Waals surface area contributed by atoms with Crippen molar-refractivity contribution in [1.82, 2.24) is 5.32 Å². The maximum absolute atomic E-state index is 3.39. The average molecular weight is 155 g/mol. The second-order valence-corrected chi connectivity index (χ2v) is 4.54. The molecule has 1 N–H and O–H groups in total. The molecule has 2 radical (unpaired) electrons. The molecule has 1 nitrogen and oxygen atoms in total. The van der Waals surface area contributed by atoms with Crippen LogP contribution < -0.4 is 5.32 Å². The normalized spacial score (nSPS) is 20.1. The molecule has 0 aromatic carbocycles. The zero-order chi connectivity index (χ0) is 7.23. The van der Waals surface area contributed by atoms with E-state index >= 15 is 0 Å². The fourth-order valence-corrected chi connectivity index (χ4v) is 2.97. The van der Waals surface area contributed by atoms with Gasteiger partial charge in [-0.1, -0.05) is 32.6 Å². The van der Waals surface area contributed by atoms with Crippen LogP contribution in [-0.2, 0) is 0 Å². The van der Waals surface area contributed by atoms with E-state index in [1.165, 1.54) is 41.4 Å². The molecule has 1 saturated carbocycles. The van der Waals surface area contributed by atoms with Gasteiger partial charge in [0.25, 0.3) is 0 Å². The molecule has 0 saturated heterocycles. The van der Waals surface area contributed by atoms with Crippen molar-refractivity contribution >= 4 is 9.52 Å². The fourth-order valence-electron chi connectivity index (χ4n) is 1.47. The van der Waals surface area contributed by atoms with Crippen LogP contribution in [0.1, 0.15) is 32.6 Å². The van der Waals surface area contributed by atoms with Gasteiger partial charge in [0.1, 0.15) is 0 Å². The highest BCUT2D eigenvalue weighted by atomic mass is 28.2. The first-order valence-electron chi connectivity index (χ1n) is 4.37. The van der Waals surface area contributed by atoms with Crippen molar-refractivity contribution in [1.29, 1.82) is 0 Å². The van der Waals surface area contributed by atoms with E-state index in [1.807, 2.05) is 0 Å². The molecule has 0 aliphatic heterocycles. The van der Waals surface area contributed by atoms with E-state index in [4.69, 9.17) is 0 Å². The molecule has 0 amide bonds. The summed E-state index contributed by atoms with van der Waals surface area (Å²) in [6.07, 6.45) is 7.25. The Kier molecular flexibility index (Phi) is 4.06. The third kappa shape index (κ3) is 2.84. The second-order valence-electron chi connectivity index (χ2n) is 2.97. The van der Waals surface area contributed by atoms with Crippen LogP contribution in [0.5, 0.6) is 0 Å². The maximum atomic E-state index is 3.39. The number of hydrogen-bond acceptors (Lipinski definition) is 1. The fraction of sp³-hybridized carbons (Fsp3) is 1.00. The molecule has 1 rings (SSSR count). The molecule has 0 aromatic rings. The molecule has 2 heteroatoms. The van der Waals surface area contributed by atoms with Crippen molar-refractivity contribution < 1.29 is 0 Å². The van der Waals surface area contributed by atoms with Crippen LogP contribution in [-0.4, -0.2) is 22.2 Å². The van der Waals surface area contributed by atoms with Gasteiger partial charge in [0, 0.05) is 0 Å². The first-order valence-corrected chi connectivity index (χ1v) is 5.66. The molecule has 1 aliphatic rings. The Morgan fingerprint density at radius 1 is 1.40 bits per heavy atom. The van der Waals surface area contributed by atoms with Crippen molar-refractivity contribution in [3.8, 4) is 0 Å². The zero-order valence-corrected chi connectivity index (χ0v) is 7.82. The van der Waals surface area contributed by atoms with Crippen molar-refractivity contribution in [2.75, 3.05) is 12.7 Å². The molecular weight excluding hydrogens is 138 g/mol. The Morgan fingerprint density at radius 2 is 2.10 bits per heavy atom. The van der Waals surface area contributed by atoms with Gasteiger partial charge >= 0.3 is 0 Å². The monoisotopic (exact) mass is 155 g/mol. The smallest absolute Gasteiger partial charge is 0.0598 e.